The van der Waals surface area contributed by atoms with Gasteiger partial charge in [0.1, 0.15) is 5.82 Å². The molecule has 0 spiro atoms. The SMILES string of the molecule is CC(C(=O)NC(C)C(c1ccccc1)c1ccccc1)c1ccc(NS(C)(=O)=O)c(F)c1. The standard InChI is InChI=1S/C25H27FN2O3S/c1-17(21-14-15-23(22(26)16-21)28-32(3,30)31)25(29)27-18(2)24(19-10-6-4-7-11-19)20-12-8-5-9-13-20/h4-18,24,28H,1-3H3,(H,27,29). The number of sulfonamides is 1. The number of hydrogen-bond acceptors (Lipinski definition) is 3. The van der Waals surface area contributed by atoms with Gasteiger partial charge in [-0.25, -0.2) is 12.8 Å². The summed E-state index contributed by atoms with van der Waals surface area (Å²) in [5, 5.41) is 3.07. The zero-order valence-electron chi connectivity index (χ0n) is 18.2. The van der Waals surface area contributed by atoms with Crippen LogP contribution in [-0.4, -0.2) is 26.6 Å². The molecule has 3 aromatic carbocycles. The first kappa shape index (κ1) is 23.5. The summed E-state index contributed by atoms with van der Waals surface area (Å²) in [5.41, 5.74) is 2.48. The highest BCUT2D eigenvalue weighted by atomic mass is 32.2. The van der Waals surface area contributed by atoms with Crippen molar-refractivity contribution in [3.8, 4) is 0 Å². The highest BCUT2D eigenvalue weighted by molar-refractivity contribution is 7.92. The molecule has 0 saturated heterocycles. The number of nitrogens with one attached hydrogen (secondary N) is 2. The molecule has 0 aliphatic heterocycles. The van der Waals surface area contributed by atoms with Crippen LogP contribution in [0.5, 0.6) is 0 Å². The molecule has 2 N–H and O–H groups in total. The lowest BCUT2D eigenvalue weighted by Gasteiger charge is -2.27. The van der Waals surface area contributed by atoms with E-state index in [0.717, 1.165) is 17.4 Å². The molecule has 0 heterocycles. The Morgan fingerprint density at radius 3 is 1.84 bits per heavy atom. The summed E-state index contributed by atoms with van der Waals surface area (Å²) >= 11 is 0. The van der Waals surface area contributed by atoms with Crippen LogP contribution in [0, 0.1) is 5.82 Å². The quantitative estimate of drug-likeness (QED) is 0.521. The first-order chi connectivity index (χ1) is 15.2. The maximum Gasteiger partial charge on any atom is 0.229 e. The average molecular weight is 455 g/mol. The Labute approximate surface area is 188 Å². The highest BCUT2D eigenvalue weighted by Gasteiger charge is 2.25. The molecule has 0 radical (unpaired) electrons. The van der Waals surface area contributed by atoms with Gasteiger partial charge in [0.25, 0.3) is 0 Å². The lowest BCUT2D eigenvalue weighted by atomic mass is 9.85. The second-order valence-electron chi connectivity index (χ2n) is 7.93. The third-order valence-corrected chi connectivity index (χ3v) is 5.96. The second-order valence-corrected chi connectivity index (χ2v) is 9.68. The molecule has 0 aliphatic rings. The maximum absolute atomic E-state index is 14.4. The molecule has 0 bridgehead atoms. The van der Waals surface area contributed by atoms with Gasteiger partial charge in [0.2, 0.25) is 15.9 Å². The Hall–Kier alpha value is -3.19. The molecule has 32 heavy (non-hydrogen) atoms. The summed E-state index contributed by atoms with van der Waals surface area (Å²) in [6, 6.07) is 23.8. The highest BCUT2D eigenvalue weighted by Crippen LogP contribution is 2.29. The van der Waals surface area contributed by atoms with E-state index in [4.69, 9.17) is 0 Å². The van der Waals surface area contributed by atoms with E-state index >= 15 is 0 Å². The minimum Gasteiger partial charge on any atom is -0.352 e. The fourth-order valence-electron chi connectivity index (χ4n) is 3.76. The molecule has 5 nitrogen and oxygen atoms in total. The van der Waals surface area contributed by atoms with Gasteiger partial charge in [0.05, 0.1) is 17.9 Å². The molecule has 2 atom stereocenters. The van der Waals surface area contributed by atoms with E-state index < -0.39 is 21.8 Å². The molecule has 3 rings (SSSR count). The van der Waals surface area contributed by atoms with Gasteiger partial charge in [-0.1, -0.05) is 66.7 Å². The zero-order chi connectivity index (χ0) is 23.3. The molecule has 0 fully saturated rings. The van der Waals surface area contributed by atoms with Gasteiger partial charge < -0.3 is 5.32 Å². The molecule has 0 aliphatic carbocycles. The van der Waals surface area contributed by atoms with Crippen LogP contribution in [-0.2, 0) is 14.8 Å². The fraction of sp³-hybridized carbons (Fsp3) is 0.240. The van der Waals surface area contributed by atoms with Crippen molar-refractivity contribution in [1.82, 2.24) is 5.32 Å². The van der Waals surface area contributed by atoms with Crippen LogP contribution >= 0.6 is 0 Å². The van der Waals surface area contributed by atoms with E-state index in [0.29, 0.717) is 5.56 Å². The van der Waals surface area contributed by atoms with Gasteiger partial charge in [0, 0.05) is 12.0 Å². The van der Waals surface area contributed by atoms with Gasteiger partial charge in [-0.05, 0) is 42.7 Å². The van der Waals surface area contributed by atoms with Crippen molar-refractivity contribution < 1.29 is 17.6 Å². The van der Waals surface area contributed by atoms with Crippen LogP contribution in [0.1, 0.15) is 42.4 Å². The van der Waals surface area contributed by atoms with E-state index in [1.165, 1.54) is 12.1 Å². The van der Waals surface area contributed by atoms with E-state index in [1.54, 1.807) is 13.0 Å². The third-order valence-electron chi connectivity index (χ3n) is 5.37. The van der Waals surface area contributed by atoms with Gasteiger partial charge in [-0.3, -0.25) is 9.52 Å². The molecule has 3 aromatic rings. The van der Waals surface area contributed by atoms with Crippen molar-refractivity contribution in [3.63, 3.8) is 0 Å². The zero-order valence-corrected chi connectivity index (χ0v) is 19.1. The van der Waals surface area contributed by atoms with Gasteiger partial charge in [-0.15, -0.1) is 0 Å². The van der Waals surface area contributed by atoms with Crippen molar-refractivity contribution in [1.29, 1.82) is 0 Å². The molecule has 1 amide bonds. The Bertz CT molecular complexity index is 1130. The van der Waals surface area contributed by atoms with Crippen molar-refractivity contribution in [3.05, 3.63) is 101 Å². The Morgan fingerprint density at radius 2 is 1.38 bits per heavy atom. The molecule has 168 valence electrons. The Balaban J connectivity index is 1.79. The molecular formula is C25H27FN2O3S. The molecule has 0 aromatic heterocycles. The fourth-order valence-corrected chi connectivity index (χ4v) is 4.32. The van der Waals surface area contributed by atoms with Crippen molar-refractivity contribution in [2.24, 2.45) is 0 Å². The predicted molar refractivity (Wildman–Crippen MR) is 126 cm³/mol. The number of amides is 1. The summed E-state index contributed by atoms with van der Waals surface area (Å²) in [6.45, 7) is 3.65. The summed E-state index contributed by atoms with van der Waals surface area (Å²) < 4.78 is 39.2. The van der Waals surface area contributed by atoms with Crippen LogP contribution in [0.25, 0.3) is 0 Å². The number of hydrogen-bond donors (Lipinski definition) is 2. The van der Waals surface area contributed by atoms with Crippen LogP contribution < -0.4 is 10.0 Å². The van der Waals surface area contributed by atoms with Crippen LogP contribution in [0.4, 0.5) is 10.1 Å². The molecule has 7 heteroatoms. The van der Waals surface area contributed by atoms with Crippen LogP contribution in [0.15, 0.2) is 78.9 Å². The summed E-state index contributed by atoms with van der Waals surface area (Å²) in [6.07, 6.45) is 0.952. The van der Waals surface area contributed by atoms with E-state index in [-0.39, 0.29) is 23.6 Å². The largest absolute Gasteiger partial charge is 0.352 e. The van der Waals surface area contributed by atoms with Gasteiger partial charge >= 0.3 is 0 Å². The minimum atomic E-state index is -3.60. The first-order valence-corrected chi connectivity index (χ1v) is 12.2. The van der Waals surface area contributed by atoms with Gasteiger partial charge in [0.15, 0.2) is 0 Å². The number of anilines is 1. The summed E-state index contributed by atoms with van der Waals surface area (Å²) in [5.74, 6) is -1.64. The monoisotopic (exact) mass is 454 g/mol. The summed E-state index contributed by atoms with van der Waals surface area (Å²) in [4.78, 5) is 13.0. The van der Waals surface area contributed by atoms with E-state index in [9.17, 15) is 17.6 Å². The first-order valence-electron chi connectivity index (χ1n) is 10.3. The van der Waals surface area contributed by atoms with Crippen molar-refractivity contribution in [2.45, 2.75) is 31.7 Å². The molecular weight excluding hydrogens is 427 g/mol. The maximum atomic E-state index is 14.4. The Kier molecular flexibility index (Phi) is 7.30. The Morgan fingerprint density at radius 1 is 0.844 bits per heavy atom. The number of carbonyl (C=O) groups excluding carboxylic acids is 1. The minimum absolute atomic E-state index is 0.0494. The van der Waals surface area contributed by atoms with Crippen LogP contribution in [0.3, 0.4) is 0 Å². The molecule has 0 saturated carbocycles. The normalized spacial score (nSPS) is 13.4. The van der Waals surface area contributed by atoms with Crippen molar-refractivity contribution >= 4 is 21.6 Å². The lowest BCUT2D eigenvalue weighted by Crippen LogP contribution is -2.39. The van der Waals surface area contributed by atoms with Crippen LogP contribution in [0.2, 0.25) is 0 Å². The van der Waals surface area contributed by atoms with Crippen molar-refractivity contribution in [2.75, 3.05) is 11.0 Å². The smallest absolute Gasteiger partial charge is 0.229 e. The van der Waals surface area contributed by atoms with E-state index in [1.807, 2.05) is 67.6 Å². The summed E-state index contributed by atoms with van der Waals surface area (Å²) in [7, 11) is -3.60. The predicted octanol–water partition coefficient (Wildman–Crippen LogP) is 4.64. The van der Waals surface area contributed by atoms with Gasteiger partial charge in [-0.2, -0.15) is 0 Å². The second kappa shape index (κ2) is 9.96. The number of rotatable bonds is 8. The average Bonchev–Trinajstić information content (AvgIpc) is 2.75. The lowest BCUT2D eigenvalue weighted by molar-refractivity contribution is -0.122. The third kappa shape index (κ3) is 5.95. The number of benzene rings is 3. The molecule has 2 unspecified atom stereocenters. The number of carbonyl (C=O) groups is 1. The number of halogens is 1. The van der Waals surface area contributed by atoms with E-state index in [2.05, 4.69) is 10.0 Å². The topological polar surface area (TPSA) is 75.3 Å².